The zero-order valence-electron chi connectivity index (χ0n) is 11.5. The van der Waals surface area contributed by atoms with Crippen LogP contribution in [0.4, 0.5) is 5.69 Å². The third-order valence-electron chi connectivity index (χ3n) is 3.27. The standard InChI is InChI=1S/C16H9Cl3N2O2/c17-8-2-4-13-10(5-8)11(7-20-13)15(22)16(23)21-14-6-9(18)1-3-12(14)19/h1-7,20H,(H,21,23). The van der Waals surface area contributed by atoms with Gasteiger partial charge in [0.15, 0.2) is 0 Å². The van der Waals surface area contributed by atoms with Gasteiger partial charge in [0, 0.05) is 27.1 Å². The minimum Gasteiger partial charge on any atom is -0.360 e. The molecule has 0 fully saturated rings. The van der Waals surface area contributed by atoms with E-state index in [0.717, 1.165) is 0 Å². The lowest BCUT2D eigenvalue weighted by molar-refractivity contribution is -0.112. The number of aromatic amines is 1. The third-order valence-corrected chi connectivity index (χ3v) is 4.07. The van der Waals surface area contributed by atoms with Crippen molar-refractivity contribution >= 4 is 63.1 Å². The second-order valence-electron chi connectivity index (χ2n) is 4.80. The normalized spacial score (nSPS) is 10.7. The fraction of sp³-hybridized carbons (Fsp3) is 0. The van der Waals surface area contributed by atoms with Gasteiger partial charge in [0.05, 0.1) is 16.3 Å². The van der Waals surface area contributed by atoms with Crippen LogP contribution in [0.3, 0.4) is 0 Å². The summed E-state index contributed by atoms with van der Waals surface area (Å²) in [6, 6.07) is 9.65. The van der Waals surface area contributed by atoms with Crippen LogP contribution in [0.1, 0.15) is 10.4 Å². The smallest absolute Gasteiger partial charge is 0.296 e. The molecule has 4 nitrogen and oxygen atoms in total. The van der Waals surface area contributed by atoms with Crippen molar-refractivity contribution in [2.75, 3.05) is 5.32 Å². The molecule has 2 N–H and O–H groups in total. The van der Waals surface area contributed by atoms with Crippen LogP contribution >= 0.6 is 34.8 Å². The highest BCUT2D eigenvalue weighted by atomic mass is 35.5. The molecule has 0 radical (unpaired) electrons. The summed E-state index contributed by atoms with van der Waals surface area (Å²) < 4.78 is 0. The second-order valence-corrected chi connectivity index (χ2v) is 6.08. The van der Waals surface area contributed by atoms with Crippen molar-refractivity contribution in [1.82, 2.24) is 4.98 Å². The summed E-state index contributed by atoms with van der Waals surface area (Å²) in [7, 11) is 0. The molecule has 0 saturated heterocycles. The fourth-order valence-electron chi connectivity index (χ4n) is 2.18. The average Bonchev–Trinajstić information content (AvgIpc) is 2.93. The van der Waals surface area contributed by atoms with Gasteiger partial charge in [-0.25, -0.2) is 0 Å². The average molecular weight is 368 g/mol. The molecule has 116 valence electrons. The first-order valence-corrected chi connectivity index (χ1v) is 7.66. The van der Waals surface area contributed by atoms with Crippen molar-refractivity contribution < 1.29 is 9.59 Å². The van der Waals surface area contributed by atoms with E-state index < -0.39 is 11.7 Å². The van der Waals surface area contributed by atoms with Gasteiger partial charge in [-0.2, -0.15) is 0 Å². The molecular weight excluding hydrogens is 359 g/mol. The predicted molar refractivity (Wildman–Crippen MR) is 92.7 cm³/mol. The Morgan fingerprint density at radius 2 is 1.65 bits per heavy atom. The van der Waals surface area contributed by atoms with Gasteiger partial charge < -0.3 is 10.3 Å². The third kappa shape index (κ3) is 3.20. The van der Waals surface area contributed by atoms with Crippen molar-refractivity contribution in [3.05, 3.63) is 63.2 Å². The summed E-state index contributed by atoms with van der Waals surface area (Å²) in [5.74, 6) is -1.51. The van der Waals surface area contributed by atoms with Gasteiger partial charge in [-0.1, -0.05) is 34.8 Å². The number of carbonyl (C=O) groups is 2. The van der Waals surface area contributed by atoms with Crippen molar-refractivity contribution in [2.24, 2.45) is 0 Å². The van der Waals surface area contributed by atoms with E-state index >= 15 is 0 Å². The van der Waals surface area contributed by atoms with Gasteiger partial charge in [0.25, 0.3) is 11.7 Å². The molecule has 0 bridgehead atoms. The number of anilines is 1. The number of amides is 1. The molecule has 7 heteroatoms. The molecule has 0 aliphatic heterocycles. The van der Waals surface area contributed by atoms with Crippen molar-refractivity contribution in [3.63, 3.8) is 0 Å². The monoisotopic (exact) mass is 366 g/mol. The Bertz CT molecular complexity index is 934. The molecule has 1 aromatic heterocycles. The largest absolute Gasteiger partial charge is 0.360 e. The van der Waals surface area contributed by atoms with Crippen molar-refractivity contribution in [1.29, 1.82) is 0 Å². The minimum atomic E-state index is -0.810. The Hall–Kier alpha value is -2.01. The molecule has 23 heavy (non-hydrogen) atoms. The van der Waals surface area contributed by atoms with Crippen LogP contribution in [0.15, 0.2) is 42.6 Å². The van der Waals surface area contributed by atoms with Gasteiger partial charge in [-0.05, 0) is 36.4 Å². The number of benzene rings is 2. The first-order valence-electron chi connectivity index (χ1n) is 6.53. The Kier molecular flexibility index (Phi) is 4.31. The van der Waals surface area contributed by atoms with Gasteiger partial charge in [-0.3, -0.25) is 9.59 Å². The SMILES string of the molecule is O=C(Nc1cc(Cl)ccc1Cl)C(=O)c1c[nH]c2ccc(Cl)cc12. The van der Waals surface area contributed by atoms with E-state index in [4.69, 9.17) is 34.8 Å². The van der Waals surface area contributed by atoms with Crippen LogP contribution in [-0.4, -0.2) is 16.7 Å². The van der Waals surface area contributed by atoms with E-state index in [-0.39, 0.29) is 16.3 Å². The lowest BCUT2D eigenvalue weighted by atomic mass is 10.1. The molecule has 0 saturated carbocycles. The predicted octanol–water partition coefficient (Wildman–Crippen LogP) is 4.95. The fourth-order valence-corrected chi connectivity index (χ4v) is 2.68. The number of fused-ring (bicyclic) bond motifs is 1. The number of H-pyrrole nitrogens is 1. The molecule has 3 aromatic rings. The highest BCUT2D eigenvalue weighted by molar-refractivity contribution is 6.49. The molecule has 1 amide bonds. The van der Waals surface area contributed by atoms with Crippen LogP contribution in [0, 0.1) is 0 Å². The topological polar surface area (TPSA) is 62.0 Å². The number of hydrogen-bond acceptors (Lipinski definition) is 2. The lowest BCUT2D eigenvalue weighted by Crippen LogP contribution is -2.22. The summed E-state index contributed by atoms with van der Waals surface area (Å²) >= 11 is 17.8. The van der Waals surface area contributed by atoms with Crippen LogP contribution in [0.25, 0.3) is 10.9 Å². The molecule has 2 aromatic carbocycles. The van der Waals surface area contributed by atoms with Crippen molar-refractivity contribution in [3.8, 4) is 0 Å². The maximum Gasteiger partial charge on any atom is 0.296 e. The molecule has 0 atom stereocenters. The summed E-state index contributed by atoms with van der Waals surface area (Å²) in [4.78, 5) is 27.5. The van der Waals surface area contributed by atoms with Crippen LogP contribution < -0.4 is 5.32 Å². The van der Waals surface area contributed by atoms with Crippen LogP contribution in [0.5, 0.6) is 0 Å². The van der Waals surface area contributed by atoms with Crippen LogP contribution in [-0.2, 0) is 4.79 Å². The van der Waals surface area contributed by atoms with Gasteiger partial charge in [0.1, 0.15) is 0 Å². The van der Waals surface area contributed by atoms with E-state index in [1.54, 1.807) is 24.3 Å². The maximum absolute atomic E-state index is 12.4. The van der Waals surface area contributed by atoms with Gasteiger partial charge in [0.2, 0.25) is 0 Å². The van der Waals surface area contributed by atoms with E-state index in [9.17, 15) is 9.59 Å². The number of carbonyl (C=O) groups excluding carboxylic acids is 2. The van der Waals surface area contributed by atoms with Gasteiger partial charge >= 0.3 is 0 Å². The lowest BCUT2D eigenvalue weighted by Gasteiger charge is -2.06. The Morgan fingerprint density at radius 3 is 2.43 bits per heavy atom. The number of Topliss-reactive ketones (excluding diaryl/α,β-unsaturated/α-hetero) is 1. The van der Waals surface area contributed by atoms with E-state index in [1.807, 2.05) is 0 Å². The van der Waals surface area contributed by atoms with Crippen molar-refractivity contribution in [2.45, 2.75) is 0 Å². The zero-order valence-corrected chi connectivity index (χ0v) is 13.8. The minimum absolute atomic E-state index is 0.234. The van der Waals surface area contributed by atoms with E-state index in [1.165, 1.54) is 18.3 Å². The number of hydrogen-bond donors (Lipinski definition) is 2. The Labute approximate surface area is 146 Å². The molecule has 0 spiro atoms. The molecule has 0 aliphatic rings. The molecular formula is C16H9Cl3N2O2. The first-order chi connectivity index (χ1) is 11.0. The molecule has 3 rings (SSSR count). The number of halogens is 3. The first kappa shape index (κ1) is 15.9. The summed E-state index contributed by atoms with van der Waals surface area (Å²) in [6.07, 6.45) is 1.47. The summed E-state index contributed by atoms with van der Waals surface area (Å²) in [5.41, 5.74) is 1.22. The van der Waals surface area contributed by atoms with E-state index in [2.05, 4.69) is 10.3 Å². The number of aromatic nitrogens is 1. The van der Waals surface area contributed by atoms with Crippen LogP contribution in [0.2, 0.25) is 15.1 Å². The van der Waals surface area contributed by atoms with Gasteiger partial charge in [-0.15, -0.1) is 0 Å². The number of ketones is 1. The summed E-state index contributed by atoms with van der Waals surface area (Å²) in [6.45, 7) is 0. The summed E-state index contributed by atoms with van der Waals surface area (Å²) in [5, 5.41) is 4.21. The molecule has 1 heterocycles. The molecule has 0 unspecified atom stereocenters. The Morgan fingerprint density at radius 1 is 0.957 bits per heavy atom. The number of nitrogens with one attached hydrogen (secondary N) is 2. The van der Waals surface area contributed by atoms with E-state index in [0.29, 0.717) is 20.9 Å². The highest BCUT2D eigenvalue weighted by Gasteiger charge is 2.21. The second kappa shape index (κ2) is 6.24. The number of rotatable bonds is 3. The Balaban J connectivity index is 1.91. The zero-order chi connectivity index (χ0) is 16.6. The quantitative estimate of drug-likeness (QED) is 0.508. The maximum atomic E-state index is 12.4. The highest BCUT2D eigenvalue weighted by Crippen LogP contribution is 2.26. The molecule has 0 aliphatic carbocycles.